The van der Waals surface area contributed by atoms with Crippen molar-refractivity contribution in [3.05, 3.63) is 52.0 Å². The lowest BCUT2D eigenvalue weighted by molar-refractivity contribution is -0.137. The molecule has 0 aromatic heterocycles. The highest BCUT2D eigenvalue weighted by Gasteiger charge is 2.33. The summed E-state index contributed by atoms with van der Waals surface area (Å²) in [5.41, 5.74) is 2.81. The Balaban J connectivity index is 2.31. The molecule has 7 heteroatoms. The lowest BCUT2D eigenvalue weighted by Gasteiger charge is -2.15. The van der Waals surface area contributed by atoms with Gasteiger partial charge in [0.1, 0.15) is 0 Å². The average Bonchev–Trinajstić information content (AvgIpc) is 2.56. The van der Waals surface area contributed by atoms with Crippen molar-refractivity contribution in [2.75, 3.05) is 18.9 Å². The van der Waals surface area contributed by atoms with Crippen LogP contribution in [0.5, 0.6) is 0 Å². The first kappa shape index (κ1) is 20.1. The molecule has 0 atom stereocenters. The second-order valence-electron chi connectivity index (χ2n) is 6.09. The smallest absolute Gasteiger partial charge is 0.366 e. The molecule has 2 rings (SSSR count). The second-order valence-corrected chi connectivity index (χ2v) is 6.50. The minimum Gasteiger partial charge on any atom is -0.366 e. The Hall–Kier alpha value is -2.21. The third kappa shape index (κ3) is 4.91. The molecular formula is C19H21ClF3N3. The van der Waals surface area contributed by atoms with Crippen molar-refractivity contribution in [3.8, 4) is 0 Å². The van der Waals surface area contributed by atoms with Gasteiger partial charge in [-0.25, -0.2) is 4.99 Å². The zero-order valence-corrected chi connectivity index (χ0v) is 15.8. The fourth-order valence-corrected chi connectivity index (χ4v) is 2.52. The van der Waals surface area contributed by atoms with Crippen LogP contribution < -0.4 is 5.32 Å². The molecule has 2 aromatic rings. The highest BCUT2D eigenvalue weighted by Crippen LogP contribution is 2.37. The third-order valence-electron chi connectivity index (χ3n) is 3.99. The van der Waals surface area contributed by atoms with Crippen molar-refractivity contribution >= 4 is 35.0 Å². The van der Waals surface area contributed by atoms with Crippen LogP contribution in [-0.4, -0.2) is 24.8 Å². The number of nitrogens with zero attached hydrogens (tertiary/aromatic N) is 2. The standard InChI is InChI=1S/C19H21ClF3N3/c1-5-26(4)11-24-17-8-13(3)18(9-12(17)2)25-14-6-7-16(20)15(10-14)19(21,22)23/h6-11,25H,5H2,1-4H3. The summed E-state index contributed by atoms with van der Waals surface area (Å²) in [5, 5.41) is 2.72. The molecule has 26 heavy (non-hydrogen) atoms. The molecule has 0 radical (unpaired) electrons. The van der Waals surface area contributed by atoms with E-state index in [1.807, 2.05) is 44.9 Å². The molecule has 1 N–H and O–H groups in total. The quantitative estimate of drug-likeness (QED) is 0.482. The molecule has 0 heterocycles. The Bertz CT molecular complexity index is 816. The van der Waals surface area contributed by atoms with E-state index in [9.17, 15) is 13.2 Å². The number of hydrogen-bond acceptors (Lipinski definition) is 2. The predicted octanol–water partition coefficient (Wildman–Crippen LogP) is 6.33. The van der Waals surface area contributed by atoms with E-state index in [1.54, 1.807) is 6.34 Å². The average molecular weight is 384 g/mol. The van der Waals surface area contributed by atoms with Gasteiger partial charge in [0.15, 0.2) is 0 Å². The van der Waals surface area contributed by atoms with Gasteiger partial charge >= 0.3 is 6.18 Å². The summed E-state index contributed by atoms with van der Waals surface area (Å²) in [7, 11) is 1.93. The van der Waals surface area contributed by atoms with Crippen LogP contribution in [0.1, 0.15) is 23.6 Å². The van der Waals surface area contributed by atoms with Gasteiger partial charge < -0.3 is 10.2 Å². The van der Waals surface area contributed by atoms with Crippen LogP contribution in [0.3, 0.4) is 0 Å². The first-order valence-electron chi connectivity index (χ1n) is 8.11. The molecule has 2 aromatic carbocycles. The monoisotopic (exact) mass is 383 g/mol. The van der Waals surface area contributed by atoms with E-state index in [0.29, 0.717) is 5.69 Å². The minimum absolute atomic E-state index is 0.319. The van der Waals surface area contributed by atoms with Gasteiger partial charge in [0.05, 0.1) is 22.6 Å². The largest absolute Gasteiger partial charge is 0.417 e. The fourth-order valence-electron chi connectivity index (χ4n) is 2.29. The number of anilines is 2. The zero-order chi connectivity index (χ0) is 19.5. The maximum absolute atomic E-state index is 13.0. The Morgan fingerprint density at radius 3 is 2.46 bits per heavy atom. The van der Waals surface area contributed by atoms with Crippen LogP contribution in [0, 0.1) is 13.8 Å². The van der Waals surface area contributed by atoms with Crippen LogP contribution in [-0.2, 0) is 6.18 Å². The van der Waals surface area contributed by atoms with Crippen molar-refractivity contribution in [1.82, 2.24) is 4.90 Å². The number of alkyl halides is 3. The molecule has 0 spiro atoms. The highest BCUT2D eigenvalue weighted by atomic mass is 35.5. The molecule has 3 nitrogen and oxygen atoms in total. The van der Waals surface area contributed by atoms with E-state index in [-0.39, 0.29) is 5.02 Å². The number of halogens is 4. The first-order chi connectivity index (χ1) is 12.1. The molecule has 0 unspecified atom stereocenters. The first-order valence-corrected chi connectivity index (χ1v) is 8.49. The Morgan fingerprint density at radius 1 is 1.15 bits per heavy atom. The van der Waals surface area contributed by atoms with Crippen molar-refractivity contribution in [2.45, 2.75) is 26.9 Å². The van der Waals surface area contributed by atoms with Crippen molar-refractivity contribution in [2.24, 2.45) is 4.99 Å². The molecule has 0 saturated heterocycles. The summed E-state index contributed by atoms with van der Waals surface area (Å²) in [6, 6.07) is 7.55. The van der Waals surface area contributed by atoms with E-state index < -0.39 is 11.7 Å². The van der Waals surface area contributed by atoms with Crippen LogP contribution >= 0.6 is 11.6 Å². The maximum Gasteiger partial charge on any atom is 0.417 e. The Morgan fingerprint density at radius 2 is 1.85 bits per heavy atom. The lowest BCUT2D eigenvalue weighted by atomic mass is 10.1. The molecule has 140 valence electrons. The van der Waals surface area contributed by atoms with E-state index in [1.165, 1.54) is 12.1 Å². The fraction of sp³-hybridized carbons (Fsp3) is 0.316. The maximum atomic E-state index is 13.0. The van der Waals surface area contributed by atoms with Gasteiger partial charge in [-0.15, -0.1) is 0 Å². The number of hydrogen-bond donors (Lipinski definition) is 1. The van der Waals surface area contributed by atoms with E-state index in [2.05, 4.69) is 10.3 Å². The zero-order valence-electron chi connectivity index (χ0n) is 15.1. The molecule has 0 aliphatic heterocycles. The second kappa shape index (κ2) is 7.99. The summed E-state index contributed by atoms with van der Waals surface area (Å²) in [5.74, 6) is 0. The van der Waals surface area contributed by atoms with Gasteiger partial charge in [-0.05, 0) is 62.2 Å². The van der Waals surface area contributed by atoms with Gasteiger partial charge in [-0.3, -0.25) is 0 Å². The molecule has 0 aliphatic rings. The van der Waals surface area contributed by atoms with Crippen LogP contribution in [0.4, 0.5) is 30.2 Å². The summed E-state index contributed by atoms with van der Waals surface area (Å²) in [4.78, 5) is 6.40. The van der Waals surface area contributed by atoms with Gasteiger partial charge in [0.25, 0.3) is 0 Å². The van der Waals surface area contributed by atoms with Crippen molar-refractivity contribution in [3.63, 3.8) is 0 Å². The Kier molecular flexibility index (Phi) is 6.18. The number of rotatable bonds is 5. The molecule has 0 fully saturated rings. The Labute approximate surface area is 156 Å². The highest BCUT2D eigenvalue weighted by molar-refractivity contribution is 6.31. The van der Waals surface area contributed by atoms with Crippen LogP contribution in [0.25, 0.3) is 0 Å². The molecule has 0 saturated carbocycles. The van der Waals surface area contributed by atoms with E-state index in [4.69, 9.17) is 11.6 Å². The van der Waals surface area contributed by atoms with E-state index in [0.717, 1.165) is 35.1 Å². The lowest BCUT2D eigenvalue weighted by Crippen LogP contribution is -2.14. The van der Waals surface area contributed by atoms with Gasteiger partial charge in [0.2, 0.25) is 0 Å². The minimum atomic E-state index is -4.50. The number of aryl methyl sites for hydroxylation is 2. The summed E-state index contributed by atoms with van der Waals surface area (Å²) in [6.07, 6.45) is -2.74. The van der Waals surface area contributed by atoms with Crippen molar-refractivity contribution < 1.29 is 13.2 Å². The third-order valence-corrected chi connectivity index (χ3v) is 4.32. The number of aliphatic imine (C=N–C) groups is 1. The van der Waals surface area contributed by atoms with Gasteiger partial charge in [-0.1, -0.05) is 11.6 Å². The van der Waals surface area contributed by atoms with Gasteiger partial charge in [0, 0.05) is 25.0 Å². The summed E-state index contributed by atoms with van der Waals surface area (Å²) in [6.45, 7) is 6.66. The van der Waals surface area contributed by atoms with Crippen LogP contribution in [0.15, 0.2) is 35.3 Å². The molecule has 0 bridgehead atoms. The number of benzene rings is 2. The van der Waals surface area contributed by atoms with Crippen LogP contribution in [0.2, 0.25) is 5.02 Å². The summed E-state index contributed by atoms with van der Waals surface area (Å²) >= 11 is 5.67. The molecule has 0 aliphatic carbocycles. The number of nitrogens with one attached hydrogen (secondary N) is 1. The normalized spacial score (nSPS) is 11.8. The SMILES string of the molecule is CCN(C)C=Nc1cc(C)c(Nc2ccc(Cl)c(C(F)(F)F)c2)cc1C. The van der Waals surface area contributed by atoms with E-state index >= 15 is 0 Å². The predicted molar refractivity (Wildman–Crippen MR) is 102 cm³/mol. The summed E-state index contributed by atoms with van der Waals surface area (Å²) < 4.78 is 39.0. The van der Waals surface area contributed by atoms with Gasteiger partial charge in [-0.2, -0.15) is 13.2 Å². The molecular weight excluding hydrogens is 363 g/mol. The van der Waals surface area contributed by atoms with Crippen molar-refractivity contribution in [1.29, 1.82) is 0 Å². The topological polar surface area (TPSA) is 27.6 Å². The molecule has 0 amide bonds.